The molecule has 0 saturated carbocycles. The van der Waals surface area contributed by atoms with E-state index in [1.165, 1.54) is 6.07 Å². The smallest absolute Gasteiger partial charge is 0.405 e. The number of carbonyl (C=O) groups is 1. The Morgan fingerprint density at radius 3 is 2.70 bits per heavy atom. The Bertz CT molecular complexity index is 861. The van der Waals surface area contributed by atoms with Crippen molar-refractivity contribution < 1.29 is 19.0 Å². The Morgan fingerprint density at radius 1 is 1.30 bits per heavy atom. The number of hydrogen-bond acceptors (Lipinski definition) is 2. The van der Waals surface area contributed by atoms with Crippen LogP contribution < -0.4 is 10.1 Å². The number of nitrogens with one attached hydrogen (secondary N) is 1. The van der Waals surface area contributed by atoms with E-state index in [1.54, 1.807) is 0 Å². The fourth-order valence-electron chi connectivity index (χ4n) is 3.77. The topological polar surface area (TPSA) is 58.6 Å². The maximum atomic E-state index is 15.0. The molecule has 0 aliphatic heterocycles. The zero-order valence-electron chi connectivity index (χ0n) is 16.2. The molecule has 4 nitrogen and oxygen atoms in total. The van der Waals surface area contributed by atoms with Gasteiger partial charge in [0.15, 0.2) is 0 Å². The summed E-state index contributed by atoms with van der Waals surface area (Å²) >= 11 is 0. The maximum absolute atomic E-state index is 15.0. The first-order chi connectivity index (χ1) is 12.7. The molecule has 0 radical (unpaired) electrons. The van der Waals surface area contributed by atoms with Crippen LogP contribution in [0.3, 0.4) is 0 Å². The Morgan fingerprint density at radius 2 is 2.04 bits per heavy atom. The van der Waals surface area contributed by atoms with Gasteiger partial charge in [-0.25, -0.2) is 9.18 Å². The number of ether oxygens (including phenoxy) is 1. The fourth-order valence-corrected chi connectivity index (χ4v) is 3.77. The van der Waals surface area contributed by atoms with Crippen molar-refractivity contribution in [2.75, 3.05) is 0 Å². The Kier molecular flexibility index (Phi) is 5.13. The molecule has 0 aromatic heterocycles. The number of fused-ring (bicyclic) bond motifs is 1. The van der Waals surface area contributed by atoms with Crippen molar-refractivity contribution in [1.29, 1.82) is 0 Å². The van der Waals surface area contributed by atoms with Crippen LogP contribution in [0.2, 0.25) is 0 Å². The Labute approximate surface area is 159 Å². The second kappa shape index (κ2) is 7.22. The highest BCUT2D eigenvalue weighted by Gasteiger charge is 2.37. The first-order valence-electron chi connectivity index (χ1n) is 9.26. The molecule has 0 heterocycles. The maximum Gasteiger partial charge on any atom is 0.405 e. The number of aryl methyl sites for hydroxylation is 1. The summed E-state index contributed by atoms with van der Waals surface area (Å²) in [5, 5.41) is 11.8. The molecule has 0 bridgehead atoms. The molecule has 144 valence electrons. The third-order valence-corrected chi connectivity index (χ3v) is 5.14. The van der Waals surface area contributed by atoms with E-state index >= 15 is 4.39 Å². The number of halogens is 1. The predicted molar refractivity (Wildman–Crippen MR) is 104 cm³/mol. The van der Waals surface area contributed by atoms with E-state index in [0.717, 1.165) is 29.5 Å². The quantitative estimate of drug-likeness (QED) is 0.739. The summed E-state index contributed by atoms with van der Waals surface area (Å²) in [6.45, 7) is 7.91. The van der Waals surface area contributed by atoms with E-state index in [-0.39, 0.29) is 17.3 Å². The van der Waals surface area contributed by atoms with E-state index in [2.05, 4.69) is 5.32 Å². The minimum absolute atomic E-state index is 0.0405. The van der Waals surface area contributed by atoms with Gasteiger partial charge < -0.3 is 15.2 Å². The molecule has 5 heteroatoms. The zero-order chi connectivity index (χ0) is 19.8. The summed E-state index contributed by atoms with van der Waals surface area (Å²) in [7, 11) is 0. The molecule has 2 aromatic rings. The lowest BCUT2D eigenvalue weighted by Gasteiger charge is -2.40. The van der Waals surface area contributed by atoms with Gasteiger partial charge in [-0.05, 0) is 73.1 Å². The average Bonchev–Trinajstić information content (AvgIpc) is 2.57. The highest BCUT2D eigenvalue weighted by Crippen LogP contribution is 2.45. The lowest BCUT2D eigenvalue weighted by molar-refractivity contribution is 0.161. The Balaban J connectivity index is 2.03. The van der Waals surface area contributed by atoms with Gasteiger partial charge in [0.05, 0.1) is 12.1 Å². The third kappa shape index (κ3) is 4.07. The van der Waals surface area contributed by atoms with Gasteiger partial charge in [-0.15, -0.1) is 0 Å². The summed E-state index contributed by atoms with van der Waals surface area (Å²) in [5.74, 6) is 0.344. The molecule has 27 heavy (non-hydrogen) atoms. The first kappa shape index (κ1) is 19.2. The van der Waals surface area contributed by atoms with Crippen molar-refractivity contribution in [3.63, 3.8) is 0 Å². The molecule has 1 atom stereocenters. The van der Waals surface area contributed by atoms with Crippen molar-refractivity contribution in [1.82, 2.24) is 5.32 Å². The molecule has 2 N–H and O–H groups in total. The molecule has 3 rings (SSSR count). The number of amides is 1. The van der Waals surface area contributed by atoms with Crippen LogP contribution in [0, 0.1) is 11.2 Å². The number of carboxylic acid groups (broad SMARTS) is 1. The van der Waals surface area contributed by atoms with Crippen LogP contribution in [0.25, 0.3) is 11.1 Å². The first-order valence-corrected chi connectivity index (χ1v) is 9.26. The van der Waals surface area contributed by atoms with Gasteiger partial charge in [-0.1, -0.05) is 26.0 Å². The summed E-state index contributed by atoms with van der Waals surface area (Å²) in [5.41, 5.74) is 2.70. The summed E-state index contributed by atoms with van der Waals surface area (Å²) in [4.78, 5) is 11.2. The monoisotopic (exact) mass is 371 g/mol. The van der Waals surface area contributed by atoms with Crippen LogP contribution in [-0.4, -0.2) is 17.3 Å². The highest BCUT2D eigenvalue weighted by molar-refractivity contribution is 5.69. The Hall–Kier alpha value is -2.56. The van der Waals surface area contributed by atoms with Gasteiger partial charge in [0.1, 0.15) is 11.6 Å². The lowest BCUT2D eigenvalue weighted by Crippen LogP contribution is -2.40. The van der Waals surface area contributed by atoms with Crippen molar-refractivity contribution in [3.05, 3.63) is 53.3 Å². The van der Waals surface area contributed by atoms with E-state index in [9.17, 15) is 9.90 Å². The van der Waals surface area contributed by atoms with Crippen LogP contribution >= 0.6 is 0 Å². The molecular weight excluding hydrogens is 345 g/mol. The van der Waals surface area contributed by atoms with Gasteiger partial charge in [0, 0.05) is 5.56 Å². The highest BCUT2D eigenvalue weighted by atomic mass is 19.1. The molecule has 2 aromatic carbocycles. The van der Waals surface area contributed by atoms with Gasteiger partial charge >= 0.3 is 6.09 Å². The SMILES string of the molecule is CC(C)Oc1cccc(-c2cc3c(cc2F)[C@H](NC(=O)O)C(C)(C)CC3)c1. The summed E-state index contributed by atoms with van der Waals surface area (Å²) in [6, 6.07) is 10.3. The van der Waals surface area contributed by atoms with E-state index in [1.807, 2.05) is 58.0 Å². The second-order valence-electron chi connectivity index (χ2n) is 8.10. The van der Waals surface area contributed by atoms with Gasteiger partial charge in [-0.3, -0.25) is 0 Å². The van der Waals surface area contributed by atoms with Crippen molar-refractivity contribution in [2.45, 2.75) is 52.7 Å². The van der Waals surface area contributed by atoms with E-state index in [4.69, 9.17) is 4.74 Å². The van der Waals surface area contributed by atoms with Gasteiger partial charge in [0.2, 0.25) is 0 Å². The summed E-state index contributed by atoms with van der Waals surface area (Å²) < 4.78 is 20.7. The minimum Gasteiger partial charge on any atom is -0.491 e. The zero-order valence-corrected chi connectivity index (χ0v) is 16.2. The number of hydrogen-bond donors (Lipinski definition) is 2. The predicted octanol–water partition coefficient (Wildman–Crippen LogP) is 5.56. The molecule has 0 saturated heterocycles. The van der Waals surface area contributed by atoms with Crippen molar-refractivity contribution in [2.24, 2.45) is 5.41 Å². The molecular formula is C22H26FNO3. The molecule has 0 fully saturated rings. The van der Waals surface area contributed by atoms with Crippen molar-refractivity contribution >= 4 is 6.09 Å². The fraction of sp³-hybridized carbons (Fsp3) is 0.409. The normalized spacial score (nSPS) is 18.1. The lowest BCUT2D eigenvalue weighted by atomic mass is 9.70. The van der Waals surface area contributed by atoms with Crippen LogP contribution in [0.15, 0.2) is 36.4 Å². The van der Waals surface area contributed by atoms with Crippen molar-refractivity contribution in [3.8, 4) is 16.9 Å². The van der Waals surface area contributed by atoms with Crippen LogP contribution in [0.4, 0.5) is 9.18 Å². The molecule has 1 aliphatic rings. The molecule has 1 aliphatic carbocycles. The molecule has 1 amide bonds. The number of rotatable bonds is 4. The molecule has 0 unspecified atom stereocenters. The third-order valence-electron chi connectivity index (χ3n) is 5.14. The van der Waals surface area contributed by atoms with Crippen LogP contribution in [0.1, 0.15) is 51.3 Å². The number of benzene rings is 2. The van der Waals surface area contributed by atoms with Gasteiger partial charge in [0.25, 0.3) is 0 Å². The minimum atomic E-state index is -1.09. The van der Waals surface area contributed by atoms with Crippen LogP contribution in [0.5, 0.6) is 5.75 Å². The summed E-state index contributed by atoms with van der Waals surface area (Å²) in [6.07, 6.45) is 0.560. The largest absolute Gasteiger partial charge is 0.491 e. The second-order valence-corrected chi connectivity index (χ2v) is 8.10. The van der Waals surface area contributed by atoms with E-state index < -0.39 is 12.1 Å². The van der Waals surface area contributed by atoms with Gasteiger partial charge in [-0.2, -0.15) is 0 Å². The van der Waals surface area contributed by atoms with E-state index in [0.29, 0.717) is 11.3 Å². The standard InChI is InChI=1S/C22H26FNO3/c1-13(2)27-16-7-5-6-14(10-16)17-11-15-8-9-22(3,4)20(24-21(25)26)18(15)12-19(17)23/h5-7,10-13,20,24H,8-9H2,1-4H3,(H,25,26)/t20-/m0/s1. The van der Waals surface area contributed by atoms with Crippen LogP contribution in [-0.2, 0) is 6.42 Å². The molecule has 0 spiro atoms. The average molecular weight is 371 g/mol.